The number of anilines is 1. The predicted octanol–water partition coefficient (Wildman–Crippen LogP) is 2.38. The van der Waals surface area contributed by atoms with Gasteiger partial charge in [-0.2, -0.15) is 0 Å². The summed E-state index contributed by atoms with van der Waals surface area (Å²) >= 11 is 5.93. The fraction of sp³-hybridized carbons (Fsp3) is 0.600. The van der Waals surface area contributed by atoms with Crippen molar-refractivity contribution < 1.29 is 4.79 Å². The van der Waals surface area contributed by atoms with Crippen LogP contribution in [0.1, 0.15) is 36.5 Å². The molecule has 1 atom stereocenters. The lowest BCUT2D eigenvalue weighted by atomic mass is 10.1. The highest BCUT2D eigenvalue weighted by atomic mass is 35.5. The number of carbonyl (C=O) groups excluding carboxylic acids is 1. The van der Waals surface area contributed by atoms with Gasteiger partial charge in [0.25, 0.3) is 5.91 Å². The second-order valence-corrected chi connectivity index (χ2v) is 5.94. The van der Waals surface area contributed by atoms with Gasteiger partial charge in [-0.15, -0.1) is 0 Å². The summed E-state index contributed by atoms with van der Waals surface area (Å²) in [6.45, 7) is 5.19. The fourth-order valence-electron chi connectivity index (χ4n) is 2.64. The number of rotatable bonds is 5. The topological polar surface area (TPSA) is 57.3 Å². The van der Waals surface area contributed by atoms with E-state index in [4.69, 9.17) is 11.6 Å². The molecule has 2 N–H and O–H groups in total. The van der Waals surface area contributed by atoms with Gasteiger partial charge in [0.05, 0.1) is 0 Å². The first-order valence-corrected chi connectivity index (χ1v) is 7.85. The van der Waals surface area contributed by atoms with Crippen molar-refractivity contribution in [1.82, 2.24) is 15.2 Å². The minimum absolute atomic E-state index is 0.111. The molecule has 1 amide bonds. The second-order valence-electron chi connectivity index (χ2n) is 5.55. The summed E-state index contributed by atoms with van der Waals surface area (Å²) < 4.78 is 0. The number of halogens is 1. The molecule has 2 rings (SSSR count). The number of hydrogen-bond donors (Lipinski definition) is 2. The third kappa shape index (κ3) is 4.86. The molecule has 0 saturated carbocycles. The van der Waals surface area contributed by atoms with E-state index in [1.807, 2.05) is 6.92 Å². The minimum Gasteiger partial charge on any atom is -0.373 e. The van der Waals surface area contributed by atoms with Crippen LogP contribution >= 0.6 is 11.6 Å². The third-order valence-corrected chi connectivity index (χ3v) is 3.86. The Hall–Kier alpha value is -1.33. The van der Waals surface area contributed by atoms with Gasteiger partial charge in [0.1, 0.15) is 11.0 Å². The lowest BCUT2D eigenvalue weighted by Crippen LogP contribution is -2.43. The number of likely N-dealkylation sites (tertiary alicyclic amines) is 1. The Morgan fingerprint density at radius 3 is 2.76 bits per heavy atom. The summed E-state index contributed by atoms with van der Waals surface area (Å²) in [5.41, 5.74) is 0.532. The molecule has 1 aliphatic heterocycles. The van der Waals surface area contributed by atoms with Crippen molar-refractivity contribution in [3.63, 3.8) is 0 Å². The molecule has 0 aromatic carbocycles. The Kier molecular flexibility index (Phi) is 5.82. The van der Waals surface area contributed by atoms with E-state index in [-0.39, 0.29) is 11.9 Å². The predicted molar refractivity (Wildman–Crippen MR) is 86.0 cm³/mol. The maximum atomic E-state index is 12.3. The standard InChI is InChI=1S/C15H23ClN4O/c1-11(10-20-6-4-3-5-7-20)18-15(21)12-8-13(16)19-14(9-12)17-2/h8-9,11H,3-7,10H2,1-2H3,(H,17,19)(H,18,21). The Morgan fingerprint density at radius 1 is 1.38 bits per heavy atom. The van der Waals surface area contributed by atoms with Gasteiger partial charge >= 0.3 is 0 Å². The molecule has 0 aliphatic carbocycles. The number of carbonyl (C=O) groups is 1. The van der Waals surface area contributed by atoms with Gasteiger partial charge in [0, 0.05) is 25.2 Å². The van der Waals surface area contributed by atoms with Crippen molar-refractivity contribution in [3.8, 4) is 0 Å². The van der Waals surface area contributed by atoms with Crippen LogP contribution in [0, 0.1) is 0 Å². The Bertz CT molecular complexity index is 489. The first kappa shape index (κ1) is 16.0. The summed E-state index contributed by atoms with van der Waals surface area (Å²) in [5.74, 6) is 0.483. The summed E-state index contributed by atoms with van der Waals surface area (Å²) in [6, 6.07) is 3.40. The number of nitrogens with one attached hydrogen (secondary N) is 2. The SMILES string of the molecule is CNc1cc(C(=O)NC(C)CN2CCCCC2)cc(Cl)n1. The molecule has 0 radical (unpaired) electrons. The van der Waals surface area contributed by atoms with E-state index < -0.39 is 0 Å². The number of piperidine rings is 1. The average Bonchev–Trinajstić information content (AvgIpc) is 2.47. The zero-order valence-electron chi connectivity index (χ0n) is 12.7. The van der Waals surface area contributed by atoms with Gasteiger partial charge in [-0.1, -0.05) is 18.0 Å². The maximum absolute atomic E-state index is 12.3. The highest BCUT2D eigenvalue weighted by Gasteiger charge is 2.16. The Morgan fingerprint density at radius 2 is 2.10 bits per heavy atom. The molecular formula is C15H23ClN4O. The molecule has 1 fully saturated rings. The van der Waals surface area contributed by atoms with Gasteiger partial charge in [0.15, 0.2) is 0 Å². The van der Waals surface area contributed by atoms with Crippen molar-refractivity contribution in [2.45, 2.75) is 32.2 Å². The largest absolute Gasteiger partial charge is 0.373 e. The maximum Gasteiger partial charge on any atom is 0.251 e. The molecule has 21 heavy (non-hydrogen) atoms. The zero-order valence-corrected chi connectivity index (χ0v) is 13.4. The van der Waals surface area contributed by atoms with Crippen LogP contribution in [-0.2, 0) is 0 Å². The first-order chi connectivity index (χ1) is 10.1. The van der Waals surface area contributed by atoms with Crippen molar-refractivity contribution in [2.75, 3.05) is 32.0 Å². The van der Waals surface area contributed by atoms with Gasteiger partial charge in [-0.25, -0.2) is 4.98 Å². The molecule has 1 aliphatic rings. The zero-order chi connectivity index (χ0) is 15.2. The molecule has 5 nitrogen and oxygen atoms in total. The number of aromatic nitrogens is 1. The summed E-state index contributed by atoms with van der Waals surface area (Å²) in [7, 11) is 1.75. The number of amides is 1. The van der Waals surface area contributed by atoms with Gasteiger partial charge in [-0.3, -0.25) is 4.79 Å². The molecule has 1 aromatic heterocycles. The van der Waals surface area contributed by atoms with Crippen LogP contribution in [0.15, 0.2) is 12.1 Å². The summed E-state index contributed by atoms with van der Waals surface area (Å²) in [5, 5.41) is 6.24. The van der Waals surface area contributed by atoms with Gasteiger partial charge in [-0.05, 0) is 45.0 Å². The Labute approximate surface area is 131 Å². The van der Waals surface area contributed by atoms with Crippen LogP contribution in [0.5, 0.6) is 0 Å². The van der Waals surface area contributed by atoms with Crippen LogP contribution in [0.25, 0.3) is 0 Å². The second kappa shape index (κ2) is 7.61. The molecule has 6 heteroatoms. The van der Waals surface area contributed by atoms with Crippen LogP contribution in [0.2, 0.25) is 5.15 Å². The van der Waals surface area contributed by atoms with E-state index in [1.165, 1.54) is 19.3 Å². The molecular weight excluding hydrogens is 288 g/mol. The van der Waals surface area contributed by atoms with E-state index in [0.29, 0.717) is 16.5 Å². The highest BCUT2D eigenvalue weighted by molar-refractivity contribution is 6.29. The van der Waals surface area contributed by atoms with Crippen molar-refractivity contribution in [3.05, 3.63) is 22.8 Å². The van der Waals surface area contributed by atoms with Crippen LogP contribution in [0.4, 0.5) is 5.82 Å². The van der Waals surface area contributed by atoms with E-state index in [9.17, 15) is 4.79 Å². The minimum atomic E-state index is -0.111. The van der Waals surface area contributed by atoms with Crippen LogP contribution in [0.3, 0.4) is 0 Å². The van der Waals surface area contributed by atoms with Crippen molar-refractivity contribution in [1.29, 1.82) is 0 Å². The van der Waals surface area contributed by atoms with E-state index in [0.717, 1.165) is 19.6 Å². The van der Waals surface area contributed by atoms with Crippen molar-refractivity contribution in [2.24, 2.45) is 0 Å². The molecule has 116 valence electrons. The van der Waals surface area contributed by atoms with Crippen molar-refractivity contribution >= 4 is 23.3 Å². The van der Waals surface area contributed by atoms with E-state index in [1.54, 1.807) is 19.2 Å². The molecule has 1 aromatic rings. The van der Waals surface area contributed by atoms with E-state index >= 15 is 0 Å². The summed E-state index contributed by atoms with van der Waals surface area (Å²) in [6.07, 6.45) is 3.83. The highest BCUT2D eigenvalue weighted by Crippen LogP contribution is 2.14. The Balaban J connectivity index is 1.92. The monoisotopic (exact) mass is 310 g/mol. The van der Waals surface area contributed by atoms with Crippen LogP contribution < -0.4 is 10.6 Å². The quantitative estimate of drug-likeness (QED) is 0.820. The molecule has 1 unspecified atom stereocenters. The first-order valence-electron chi connectivity index (χ1n) is 7.47. The molecule has 1 saturated heterocycles. The van der Waals surface area contributed by atoms with Gasteiger partial charge < -0.3 is 15.5 Å². The lowest BCUT2D eigenvalue weighted by molar-refractivity contribution is 0.0925. The number of nitrogens with zero attached hydrogens (tertiary/aromatic N) is 2. The molecule has 0 bridgehead atoms. The lowest BCUT2D eigenvalue weighted by Gasteiger charge is -2.29. The van der Waals surface area contributed by atoms with Crippen LogP contribution in [-0.4, -0.2) is 48.5 Å². The number of pyridine rings is 1. The third-order valence-electron chi connectivity index (χ3n) is 3.67. The van der Waals surface area contributed by atoms with E-state index in [2.05, 4.69) is 20.5 Å². The number of hydrogen-bond acceptors (Lipinski definition) is 4. The normalized spacial score (nSPS) is 17.3. The summed E-state index contributed by atoms with van der Waals surface area (Å²) in [4.78, 5) is 18.8. The molecule has 0 spiro atoms. The fourth-order valence-corrected chi connectivity index (χ4v) is 2.85. The smallest absolute Gasteiger partial charge is 0.251 e. The van der Waals surface area contributed by atoms with Gasteiger partial charge in [0.2, 0.25) is 0 Å². The average molecular weight is 311 g/mol. The molecule has 2 heterocycles.